The number of hydrogen-bond donors (Lipinski definition) is 1. The van der Waals surface area contributed by atoms with Crippen molar-refractivity contribution in [3.05, 3.63) is 29.8 Å². The maximum atomic E-state index is 12.5. The van der Waals surface area contributed by atoms with Crippen LogP contribution >= 0.6 is 0 Å². The van der Waals surface area contributed by atoms with Gasteiger partial charge >= 0.3 is 0 Å². The smallest absolute Gasteiger partial charge is 0.236 e. The summed E-state index contributed by atoms with van der Waals surface area (Å²) in [6.45, 7) is 2.57. The molecule has 1 aromatic carbocycles. The minimum atomic E-state index is -0.692. The molecule has 1 aromatic rings. The first-order valence-corrected chi connectivity index (χ1v) is 6.10. The van der Waals surface area contributed by atoms with Crippen molar-refractivity contribution in [3.63, 3.8) is 0 Å². The molecule has 2 atom stereocenters. The summed E-state index contributed by atoms with van der Waals surface area (Å²) in [5.41, 5.74) is 6.57. The number of carbonyl (C=O) groups is 1. The first-order valence-electron chi connectivity index (χ1n) is 6.10. The second-order valence-corrected chi connectivity index (χ2v) is 5.06. The van der Waals surface area contributed by atoms with Crippen molar-refractivity contribution >= 4 is 11.6 Å². The summed E-state index contributed by atoms with van der Waals surface area (Å²) in [5, 5.41) is 8.76. The molecule has 5 nitrogen and oxygen atoms in total. The highest BCUT2D eigenvalue weighted by molar-refractivity contribution is 5.97. The number of rotatable bonds is 2. The lowest BCUT2D eigenvalue weighted by Gasteiger charge is -2.30. The van der Waals surface area contributed by atoms with Gasteiger partial charge in [-0.2, -0.15) is 5.26 Å². The molecular weight excluding hydrogens is 242 g/mol. The zero-order valence-corrected chi connectivity index (χ0v) is 11.1. The Morgan fingerprint density at radius 3 is 2.63 bits per heavy atom. The fourth-order valence-electron chi connectivity index (χ4n) is 2.17. The van der Waals surface area contributed by atoms with Gasteiger partial charge in [0.1, 0.15) is 0 Å². The molecule has 1 aliphatic rings. The van der Waals surface area contributed by atoms with E-state index in [1.165, 1.54) is 0 Å². The van der Waals surface area contributed by atoms with Crippen molar-refractivity contribution in [1.29, 1.82) is 5.26 Å². The fourth-order valence-corrected chi connectivity index (χ4v) is 2.17. The number of carbonyl (C=O) groups excluding carboxylic acids is 1. The van der Waals surface area contributed by atoms with Crippen LogP contribution < -0.4 is 10.6 Å². The summed E-state index contributed by atoms with van der Waals surface area (Å²) >= 11 is 0. The lowest BCUT2D eigenvalue weighted by atomic mass is 9.84. The van der Waals surface area contributed by atoms with E-state index >= 15 is 0 Å². The number of anilines is 1. The number of benzene rings is 1. The highest BCUT2D eigenvalue weighted by atomic mass is 16.5. The molecule has 1 heterocycles. The van der Waals surface area contributed by atoms with Crippen LogP contribution in [0.2, 0.25) is 0 Å². The van der Waals surface area contributed by atoms with Crippen molar-refractivity contribution in [2.75, 3.05) is 25.2 Å². The van der Waals surface area contributed by atoms with Gasteiger partial charge in [0.25, 0.3) is 0 Å². The van der Waals surface area contributed by atoms with Gasteiger partial charge in [0.05, 0.1) is 30.3 Å². The summed E-state index contributed by atoms with van der Waals surface area (Å²) in [4.78, 5) is 14.1. The van der Waals surface area contributed by atoms with Gasteiger partial charge in [-0.15, -0.1) is 0 Å². The Balaban J connectivity index is 2.21. The molecule has 0 aliphatic carbocycles. The van der Waals surface area contributed by atoms with Crippen LogP contribution in [0.3, 0.4) is 0 Å². The van der Waals surface area contributed by atoms with E-state index in [1.54, 1.807) is 36.2 Å². The molecule has 0 aromatic heterocycles. The summed E-state index contributed by atoms with van der Waals surface area (Å²) in [7, 11) is 1.71. The minimum Gasteiger partial charge on any atom is -0.379 e. The molecule has 100 valence electrons. The molecule has 2 unspecified atom stereocenters. The molecule has 1 amide bonds. The van der Waals surface area contributed by atoms with E-state index in [2.05, 4.69) is 0 Å². The topological polar surface area (TPSA) is 79.3 Å². The third-order valence-electron chi connectivity index (χ3n) is 3.69. The number of nitriles is 1. The third kappa shape index (κ3) is 2.33. The van der Waals surface area contributed by atoms with E-state index in [1.807, 2.05) is 13.0 Å². The predicted octanol–water partition coefficient (Wildman–Crippen LogP) is 0.885. The second-order valence-electron chi connectivity index (χ2n) is 5.06. The predicted molar refractivity (Wildman–Crippen MR) is 71.5 cm³/mol. The van der Waals surface area contributed by atoms with Crippen LogP contribution in [-0.2, 0) is 9.53 Å². The van der Waals surface area contributed by atoms with Crippen LogP contribution in [0.4, 0.5) is 5.69 Å². The Labute approximate surface area is 112 Å². The normalized spacial score (nSPS) is 25.9. The standard InChI is InChI=1S/C14H17N3O2/c1-14(9-19-8-12(14)16)13(18)17(2)11-5-3-10(7-15)4-6-11/h3-6,12H,8-9,16H2,1-2H3. The van der Waals surface area contributed by atoms with E-state index in [4.69, 9.17) is 15.7 Å². The summed E-state index contributed by atoms with van der Waals surface area (Å²) < 4.78 is 5.30. The first kappa shape index (κ1) is 13.5. The Hall–Kier alpha value is -1.90. The van der Waals surface area contributed by atoms with Gasteiger partial charge in [-0.3, -0.25) is 4.79 Å². The SMILES string of the molecule is CN(C(=O)C1(C)COCC1N)c1ccc(C#N)cc1. The molecule has 1 aliphatic heterocycles. The maximum Gasteiger partial charge on any atom is 0.236 e. The molecule has 0 bridgehead atoms. The Kier molecular flexibility index (Phi) is 3.56. The minimum absolute atomic E-state index is 0.0674. The Morgan fingerprint density at radius 1 is 1.53 bits per heavy atom. The fraction of sp³-hybridized carbons (Fsp3) is 0.429. The molecule has 5 heteroatoms. The van der Waals surface area contributed by atoms with Gasteiger partial charge in [0.15, 0.2) is 0 Å². The highest BCUT2D eigenvalue weighted by Gasteiger charge is 2.45. The largest absolute Gasteiger partial charge is 0.379 e. The Morgan fingerprint density at radius 2 is 2.16 bits per heavy atom. The van der Waals surface area contributed by atoms with Gasteiger partial charge in [-0.05, 0) is 31.2 Å². The number of ether oxygens (including phenoxy) is 1. The molecular formula is C14H17N3O2. The molecule has 2 rings (SSSR count). The van der Waals surface area contributed by atoms with Crippen molar-refractivity contribution in [1.82, 2.24) is 0 Å². The summed E-state index contributed by atoms with van der Waals surface area (Å²) in [6, 6.07) is 8.63. The van der Waals surface area contributed by atoms with Crippen LogP contribution in [0.25, 0.3) is 0 Å². The summed E-state index contributed by atoms with van der Waals surface area (Å²) in [5.74, 6) is -0.0674. The van der Waals surface area contributed by atoms with Gasteiger partial charge in [-0.1, -0.05) is 0 Å². The Bertz CT molecular complexity index is 520. The van der Waals surface area contributed by atoms with Crippen LogP contribution in [0, 0.1) is 16.7 Å². The van der Waals surface area contributed by atoms with Crippen molar-refractivity contribution in [2.45, 2.75) is 13.0 Å². The van der Waals surface area contributed by atoms with Gasteiger partial charge < -0.3 is 15.4 Å². The molecule has 19 heavy (non-hydrogen) atoms. The van der Waals surface area contributed by atoms with E-state index in [9.17, 15) is 4.79 Å². The van der Waals surface area contributed by atoms with Crippen molar-refractivity contribution in [3.8, 4) is 6.07 Å². The van der Waals surface area contributed by atoms with E-state index in [0.717, 1.165) is 5.69 Å². The monoisotopic (exact) mass is 259 g/mol. The zero-order chi connectivity index (χ0) is 14.0. The number of hydrogen-bond acceptors (Lipinski definition) is 4. The quantitative estimate of drug-likeness (QED) is 0.855. The summed E-state index contributed by atoms with van der Waals surface area (Å²) in [6.07, 6.45) is 0. The lowest BCUT2D eigenvalue weighted by molar-refractivity contribution is -0.127. The van der Waals surface area contributed by atoms with Gasteiger partial charge in [-0.25, -0.2) is 0 Å². The average Bonchev–Trinajstić information content (AvgIpc) is 2.78. The van der Waals surface area contributed by atoms with E-state index < -0.39 is 5.41 Å². The highest BCUT2D eigenvalue weighted by Crippen LogP contribution is 2.30. The van der Waals surface area contributed by atoms with Gasteiger partial charge in [0, 0.05) is 18.8 Å². The molecule has 1 fully saturated rings. The number of nitrogens with two attached hydrogens (primary N) is 1. The van der Waals surface area contributed by atoms with E-state index in [-0.39, 0.29) is 11.9 Å². The van der Waals surface area contributed by atoms with Gasteiger partial charge in [0.2, 0.25) is 5.91 Å². The first-order chi connectivity index (χ1) is 8.99. The lowest BCUT2D eigenvalue weighted by Crippen LogP contribution is -2.50. The van der Waals surface area contributed by atoms with Crippen molar-refractivity contribution < 1.29 is 9.53 Å². The third-order valence-corrected chi connectivity index (χ3v) is 3.69. The van der Waals surface area contributed by atoms with Crippen molar-refractivity contribution in [2.24, 2.45) is 11.1 Å². The molecule has 0 saturated carbocycles. The number of amides is 1. The van der Waals surface area contributed by atoms with E-state index in [0.29, 0.717) is 18.8 Å². The van der Waals surface area contributed by atoms with Crippen LogP contribution in [0.5, 0.6) is 0 Å². The average molecular weight is 259 g/mol. The molecule has 1 saturated heterocycles. The zero-order valence-electron chi connectivity index (χ0n) is 11.1. The molecule has 0 radical (unpaired) electrons. The van der Waals surface area contributed by atoms with Crippen LogP contribution in [0.15, 0.2) is 24.3 Å². The van der Waals surface area contributed by atoms with Crippen LogP contribution in [-0.4, -0.2) is 32.2 Å². The van der Waals surface area contributed by atoms with Crippen LogP contribution in [0.1, 0.15) is 12.5 Å². The maximum absolute atomic E-state index is 12.5. The molecule has 2 N–H and O–H groups in total. The molecule has 0 spiro atoms. The number of nitrogens with zero attached hydrogens (tertiary/aromatic N) is 2. The second kappa shape index (κ2) is 5.00.